The summed E-state index contributed by atoms with van der Waals surface area (Å²) < 4.78 is 26.3. The smallest absolute Gasteiger partial charge is 0.240 e. The Bertz CT molecular complexity index is 449. The summed E-state index contributed by atoms with van der Waals surface area (Å²) in [5.41, 5.74) is 0.938. The summed E-state index contributed by atoms with van der Waals surface area (Å²) in [5.74, 6) is 0. The zero-order valence-electron chi connectivity index (χ0n) is 9.23. The van der Waals surface area contributed by atoms with Crippen LogP contribution in [0.25, 0.3) is 0 Å². The van der Waals surface area contributed by atoms with Crippen LogP contribution in [0.2, 0.25) is 0 Å². The molecule has 0 amide bonds. The number of benzene rings is 1. The van der Waals surface area contributed by atoms with Gasteiger partial charge in [0.15, 0.2) is 0 Å². The monoisotopic (exact) mass is 240 g/mol. The van der Waals surface area contributed by atoms with Gasteiger partial charge in [-0.05, 0) is 44.0 Å². The van der Waals surface area contributed by atoms with E-state index >= 15 is 0 Å². The van der Waals surface area contributed by atoms with E-state index in [2.05, 4.69) is 10.0 Å². The van der Waals surface area contributed by atoms with Crippen molar-refractivity contribution in [3.63, 3.8) is 0 Å². The van der Waals surface area contributed by atoms with Gasteiger partial charge in [-0.15, -0.1) is 0 Å². The predicted molar refractivity (Wildman–Crippen MR) is 63.9 cm³/mol. The van der Waals surface area contributed by atoms with Crippen molar-refractivity contribution in [3.8, 4) is 0 Å². The van der Waals surface area contributed by atoms with E-state index in [0.717, 1.165) is 25.1 Å². The molecule has 1 aromatic rings. The van der Waals surface area contributed by atoms with Crippen molar-refractivity contribution in [2.45, 2.75) is 30.7 Å². The Morgan fingerprint density at radius 1 is 1.25 bits per heavy atom. The molecule has 0 unspecified atom stereocenters. The number of hydrogen-bond donors (Lipinski definition) is 2. The molecule has 1 aromatic carbocycles. The van der Waals surface area contributed by atoms with E-state index in [9.17, 15) is 8.42 Å². The minimum absolute atomic E-state index is 0.151. The molecule has 1 fully saturated rings. The second-order valence-electron chi connectivity index (χ2n) is 3.95. The van der Waals surface area contributed by atoms with E-state index in [0.29, 0.717) is 4.90 Å². The van der Waals surface area contributed by atoms with Gasteiger partial charge < -0.3 is 5.32 Å². The van der Waals surface area contributed by atoms with Gasteiger partial charge >= 0.3 is 0 Å². The Morgan fingerprint density at radius 2 is 1.88 bits per heavy atom. The lowest BCUT2D eigenvalue weighted by Crippen LogP contribution is -2.25. The van der Waals surface area contributed by atoms with Crippen LogP contribution in [0.5, 0.6) is 0 Å². The van der Waals surface area contributed by atoms with Gasteiger partial charge in [-0.3, -0.25) is 0 Å². The number of rotatable bonds is 5. The van der Waals surface area contributed by atoms with Gasteiger partial charge in [0.05, 0.1) is 4.90 Å². The Balaban J connectivity index is 2.13. The molecule has 2 N–H and O–H groups in total. The Kier molecular flexibility index (Phi) is 3.16. The zero-order valence-corrected chi connectivity index (χ0v) is 10.0. The third kappa shape index (κ3) is 2.74. The second-order valence-corrected chi connectivity index (χ2v) is 5.66. The third-order valence-corrected chi connectivity index (χ3v) is 3.98. The first kappa shape index (κ1) is 11.4. The van der Waals surface area contributed by atoms with Gasteiger partial charge in [-0.1, -0.05) is 0 Å². The summed E-state index contributed by atoms with van der Waals surface area (Å²) in [7, 11) is -3.31. The first-order valence-electron chi connectivity index (χ1n) is 5.48. The highest BCUT2D eigenvalue weighted by molar-refractivity contribution is 7.89. The first-order valence-corrected chi connectivity index (χ1v) is 6.96. The van der Waals surface area contributed by atoms with Crippen molar-refractivity contribution < 1.29 is 8.42 Å². The Labute approximate surface area is 96.1 Å². The van der Waals surface area contributed by atoms with Crippen molar-refractivity contribution in [1.82, 2.24) is 4.72 Å². The van der Waals surface area contributed by atoms with Crippen molar-refractivity contribution in [2.24, 2.45) is 0 Å². The van der Waals surface area contributed by atoms with E-state index in [-0.39, 0.29) is 6.04 Å². The van der Waals surface area contributed by atoms with Gasteiger partial charge in [0, 0.05) is 18.3 Å². The molecule has 0 saturated heterocycles. The molecule has 4 nitrogen and oxygen atoms in total. The molecule has 5 heteroatoms. The molecule has 0 aromatic heterocycles. The maximum Gasteiger partial charge on any atom is 0.240 e. The normalized spacial score (nSPS) is 16.1. The largest absolute Gasteiger partial charge is 0.385 e. The van der Waals surface area contributed by atoms with Crippen LogP contribution in [-0.4, -0.2) is 21.0 Å². The molecule has 1 aliphatic rings. The van der Waals surface area contributed by atoms with E-state index in [1.54, 1.807) is 24.3 Å². The summed E-state index contributed by atoms with van der Waals surface area (Å²) in [5, 5.41) is 3.12. The molecule has 0 bridgehead atoms. The second kappa shape index (κ2) is 4.43. The molecule has 0 heterocycles. The van der Waals surface area contributed by atoms with Crippen molar-refractivity contribution in [3.05, 3.63) is 24.3 Å². The molecule has 1 saturated carbocycles. The van der Waals surface area contributed by atoms with E-state index in [1.807, 2.05) is 6.92 Å². The highest BCUT2D eigenvalue weighted by Crippen LogP contribution is 2.22. The molecule has 0 radical (unpaired) electrons. The predicted octanol–water partition coefficient (Wildman–Crippen LogP) is 1.56. The lowest BCUT2D eigenvalue weighted by molar-refractivity contribution is 0.581. The van der Waals surface area contributed by atoms with Gasteiger partial charge in [0.25, 0.3) is 0 Å². The average molecular weight is 240 g/mol. The summed E-state index contributed by atoms with van der Waals surface area (Å²) in [6, 6.07) is 6.97. The summed E-state index contributed by atoms with van der Waals surface area (Å²) in [4.78, 5) is 0.334. The van der Waals surface area contributed by atoms with Crippen LogP contribution in [0.15, 0.2) is 29.2 Å². The summed E-state index contributed by atoms with van der Waals surface area (Å²) >= 11 is 0. The molecule has 2 rings (SSSR count). The number of hydrogen-bond acceptors (Lipinski definition) is 3. The standard InChI is InChI=1S/C11H16N2O2S/c1-2-12-9-5-7-11(8-6-9)16(14,15)13-10-3-4-10/h5-8,10,12-13H,2-4H2,1H3. The number of sulfonamides is 1. The fourth-order valence-electron chi connectivity index (χ4n) is 1.44. The molecule has 88 valence electrons. The molecular formula is C11H16N2O2S. The van der Waals surface area contributed by atoms with Crippen LogP contribution in [0, 0.1) is 0 Å². The highest BCUT2D eigenvalue weighted by atomic mass is 32.2. The lowest BCUT2D eigenvalue weighted by Gasteiger charge is -2.07. The van der Waals surface area contributed by atoms with Crippen LogP contribution in [-0.2, 0) is 10.0 Å². The molecule has 0 spiro atoms. The maximum absolute atomic E-state index is 11.8. The van der Waals surface area contributed by atoms with Crippen molar-refractivity contribution >= 4 is 15.7 Å². The van der Waals surface area contributed by atoms with Gasteiger partial charge in [-0.2, -0.15) is 0 Å². The van der Waals surface area contributed by atoms with Crippen molar-refractivity contribution in [2.75, 3.05) is 11.9 Å². The topological polar surface area (TPSA) is 58.2 Å². The van der Waals surface area contributed by atoms with Crippen LogP contribution in [0.3, 0.4) is 0 Å². The van der Waals surface area contributed by atoms with Crippen molar-refractivity contribution in [1.29, 1.82) is 0 Å². The number of nitrogens with one attached hydrogen (secondary N) is 2. The lowest BCUT2D eigenvalue weighted by atomic mass is 10.3. The van der Waals surface area contributed by atoms with Crippen LogP contribution < -0.4 is 10.0 Å². The number of anilines is 1. The minimum Gasteiger partial charge on any atom is -0.385 e. The SMILES string of the molecule is CCNc1ccc(S(=O)(=O)NC2CC2)cc1. The van der Waals surface area contributed by atoms with Gasteiger partial charge in [-0.25, -0.2) is 13.1 Å². The zero-order chi connectivity index (χ0) is 11.6. The molecular weight excluding hydrogens is 224 g/mol. The summed E-state index contributed by atoms with van der Waals surface area (Å²) in [6.07, 6.45) is 1.91. The van der Waals surface area contributed by atoms with Crippen LogP contribution in [0.4, 0.5) is 5.69 Å². The fourth-order valence-corrected chi connectivity index (χ4v) is 2.75. The molecule has 16 heavy (non-hydrogen) atoms. The van der Waals surface area contributed by atoms with E-state index in [1.165, 1.54) is 0 Å². The van der Waals surface area contributed by atoms with E-state index in [4.69, 9.17) is 0 Å². The van der Waals surface area contributed by atoms with Gasteiger partial charge in [0.2, 0.25) is 10.0 Å². The molecule has 0 atom stereocenters. The quantitative estimate of drug-likeness (QED) is 0.821. The first-order chi connectivity index (χ1) is 7.62. The fraction of sp³-hybridized carbons (Fsp3) is 0.455. The Morgan fingerprint density at radius 3 is 2.38 bits per heavy atom. The van der Waals surface area contributed by atoms with Crippen LogP contribution >= 0.6 is 0 Å². The third-order valence-electron chi connectivity index (χ3n) is 2.44. The molecule has 0 aliphatic heterocycles. The van der Waals surface area contributed by atoms with E-state index < -0.39 is 10.0 Å². The average Bonchev–Trinajstić information content (AvgIpc) is 3.02. The summed E-state index contributed by atoms with van der Waals surface area (Å²) in [6.45, 7) is 2.83. The van der Waals surface area contributed by atoms with Crippen LogP contribution in [0.1, 0.15) is 19.8 Å². The van der Waals surface area contributed by atoms with Gasteiger partial charge in [0.1, 0.15) is 0 Å². The maximum atomic E-state index is 11.8. The minimum atomic E-state index is -3.31. The Hall–Kier alpha value is -1.07. The molecule has 1 aliphatic carbocycles. The highest BCUT2D eigenvalue weighted by Gasteiger charge is 2.27.